The molecule has 6 heteroatoms. The van der Waals surface area contributed by atoms with E-state index in [0.29, 0.717) is 16.9 Å². The largest absolute Gasteiger partial charge is 0.338 e. The second-order valence-corrected chi connectivity index (χ2v) is 3.81. The van der Waals surface area contributed by atoms with E-state index in [-0.39, 0.29) is 5.69 Å². The van der Waals surface area contributed by atoms with Crippen molar-refractivity contribution in [3.05, 3.63) is 58.4 Å². The van der Waals surface area contributed by atoms with Gasteiger partial charge in [0.25, 0.3) is 0 Å². The Kier molecular flexibility index (Phi) is 3.39. The minimum absolute atomic E-state index is 0.0993. The quantitative estimate of drug-likeness (QED) is 0.621. The van der Waals surface area contributed by atoms with Crippen LogP contribution in [0.2, 0.25) is 0 Å². The number of nitro groups is 1. The van der Waals surface area contributed by atoms with Gasteiger partial charge in [-0.1, -0.05) is 12.1 Å². The van der Waals surface area contributed by atoms with Gasteiger partial charge in [-0.2, -0.15) is 5.26 Å². The van der Waals surface area contributed by atoms with E-state index < -0.39 is 4.92 Å². The van der Waals surface area contributed by atoms with Crippen LogP contribution in [0.1, 0.15) is 5.56 Å². The fraction of sp³-hybridized carbons (Fsp3) is 0.0769. The standard InChI is InChI=1S/C13H10N4O2/c1-16(11-5-3-2-4-10(11)8-14)12-6-7-15-9-13(12)17(18)19/h2-7,9H,1H3. The minimum atomic E-state index is -0.492. The summed E-state index contributed by atoms with van der Waals surface area (Å²) in [7, 11) is 1.68. The molecule has 94 valence electrons. The molecular formula is C13H10N4O2. The molecule has 1 aromatic carbocycles. The summed E-state index contributed by atoms with van der Waals surface area (Å²) in [6, 6.07) is 10.5. The highest BCUT2D eigenvalue weighted by atomic mass is 16.6. The van der Waals surface area contributed by atoms with Crippen LogP contribution in [0.3, 0.4) is 0 Å². The molecule has 0 amide bonds. The third kappa shape index (κ3) is 2.35. The van der Waals surface area contributed by atoms with Crippen LogP contribution < -0.4 is 4.90 Å². The average Bonchev–Trinajstić information content (AvgIpc) is 2.46. The zero-order valence-corrected chi connectivity index (χ0v) is 10.1. The smallest absolute Gasteiger partial charge is 0.310 e. The molecule has 0 aliphatic rings. The Morgan fingerprint density at radius 1 is 1.32 bits per heavy atom. The number of para-hydroxylation sites is 1. The molecule has 0 unspecified atom stereocenters. The fourth-order valence-electron chi connectivity index (χ4n) is 1.79. The summed E-state index contributed by atoms with van der Waals surface area (Å²) in [4.78, 5) is 15.9. The highest BCUT2D eigenvalue weighted by molar-refractivity contribution is 5.74. The van der Waals surface area contributed by atoms with Crippen LogP contribution in [0.25, 0.3) is 0 Å². The maximum atomic E-state index is 11.0. The van der Waals surface area contributed by atoms with Crippen molar-refractivity contribution < 1.29 is 4.92 Å². The van der Waals surface area contributed by atoms with E-state index in [9.17, 15) is 10.1 Å². The second kappa shape index (κ2) is 5.14. The van der Waals surface area contributed by atoms with Crippen molar-refractivity contribution in [1.82, 2.24) is 4.98 Å². The zero-order chi connectivity index (χ0) is 13.8. The Labute approximate surface area is 109 Å². The van der Waals surface area contributed by atoms with Crippen molar-refractivity contribution in [2.45, 2.75) is 0 Å². The van der Waals surface area contributed by atoms with Gasteiger partial charge in [0.2, 0.25) is 0 Å². The van der Waals surface area contributed by atoms with E-state index in [1.54, 1.807) is 42.3 Å². The van der Waals surface area contributed by atoms with Crippen LogP contribution in [0.5, 0.6) is 0 Å². The number of pyridine rings is 1. The molecule has 2 rings (SSSR count). The summed E-state index contributed by atoms with van der Waals surface area (Å²) in [6.45, 7) is 0. The lowest BCUT2D eigenvalue weighted by molar-refractivity contribution is -0.384. The third-order valence-corrected chi connectivity index (χ3v) is 2.72. The molecular weight excluding hydrogens is 244 g/mol. The first kappa shape index (κ1) is 12.5. The minimum Gasteiger partial charge on any atom is -0.338 e. The molecule has 19 heavy (non-hydrogen) atoms. The Morgan fingerprint density at radius 2 is 2.05 bits per heavy atom. The average molecular weight is 254 g/mol. The fourth-order valence-corrected chi connectivity index (χ4v) is 1.79. The maximum absolute atomic E-state index is 11.0. The number of hydrogen-bond donors (Lipinski definition) is 0. The van der Waals surface area contributed by atoms with Crippen molar-refractivity contribution in [3.8, 4) is 6.07 Å². The van der Waals surface area contributed by atoms with Crippen molar-refractivity contribution in [2.24, 2.45) is 0 Å². The molecule has 1 aromatic heterocycles. The van der Waals surface area contributed by atoms with Crippen molar-refractivity contribution in [2.75, 3.05) is 11.9 Å². The zero-order valence-electron chi connectivity index (χ0n) is 10.1. The Bertz CT molecular complexity index is 664. The molecule has 0 aliphatic carbocycles. The molecule has 0 fully saturated rings. The molecule has 6 nitrogen and oxygen atoms in total. The molecule has 0 bridgehead atoms. The molecule has 0 saturated heterocycles. The number of anilines is 2. The van der Waals surface area contributed by atoms with Gasteiger partial charge in [-0.05, 0) is 18.2 Å². The third-order valence-electron chi connectivity index (χ3n) is 2.72. The number of hydrogen-bond acceptors (Lipinski definition) is 5. The highest BCUT2D eigenvalue weighted by Gasteiger charge is 2.19. The van der Waals surface area contributed by atoms with Crippen molar-refractivity contribution in [1.29, 1.82) is 5.26 Å². The summed E-state index contributed by atoms with van der Waals surface area (Å²) in [5, 5.41) is 20.1. The van der Waals surface area contributed by atoms with E-state index in [1.807, 2.05) is 0 Å². The lowest BCUT2D eigenvalue weighted by Crippen LogP contribution is -2.13. The predicted octanol–water partition coefficient (Wildman–Crippen LogP) is 2.63. The topological polar surface area (TPSA) is 83.1 Å². The Hall–Kier alpha value is -2.94. The number of rotatable bonds is 3. The van der Waals surface area contributed by atoms with Crippen LogP contribution in [-0.2, 0) is 0 Å². The van der Waals surface area contributed by atoms with Crippen LogP contribution in [0.15, 0.2) is 42.7 Å². The van der Waals surface area contributed by atoms with Crippen LogP contribution in [0.4, 0.5) is 17.1 Å². The summed E-state index contributed by atoms with van der Waals surface area (Å²) < 4.78 is 0. The number of aromatic nitrogens is 1. The van der Waals surface area contributed by atoms with Gasteiger partial charge < -0.3 is 4.90 Å². The van der Waals surface area contributed by atoms with Gasteiger partial charge in [-0.3, -0.25) is 15.1 Å². The first-order chi connectivity index (χ1) is 9.15. The van der Waals surface area contributed by atoms with Crippen LogP contribution >= 0.6 is 0 Å². The summed E-state index contributed by atoms with van der Waals surface area (Å²) >= 11 is 0. The lowest BCUT2D eigenvalue weighted by Gasteiger charge is -2.19. The molecule has 0 aliphatic heterocycles. The first-order valence-corrected chi connectivity index (χ1v) is 5.46. The Balaban J connectivity index is 2.54. The van der Waals surface area contributed by atoms with Gasteiger partial charge >= 0.3 is 5.69 Å². The van der Waals surface area contributed by atoms with E-state index in [1.165, 1.54) is 12.4 Å². The van der Waals surface area contributed by atoms with E-state index in [2.05, 4.69) is 11.1 Å². The highest BCUT2D eigenvalue weighted by Crippen LogP contribution is 2.32. The van der Waals surface area contributed by atoms with Gasteiger partial charge in [0, 0.05) is 13.2 Å². The van der Waals surface area contributed by atoms with E-state index >= 15 is 0 Å². The molecule has 0 spiro atoms. The molecule has 0 N–H and O–H groups in total. The normalized spacial score (nSPS) is 9.68. The van der Waals surface area contributed by atoms with Crippen molar-refractivity contribution >= 4 is 17.1 Å². The molecule has 2 aromatic rings. The predicted molar refractivity (Wildman–Crippen MR) is 70.1 cm³/mol. The van der Waals surface area contributed by atoms with Crippen LogP contribution in [0, 0.1) is 21.4 Å². The SMILES string of the molecule is CN(c1ccccc1C#N)c1ccncc1[N+](=O)[O-]. The van der Waals surface area contributed by atoms with E-state index in [4.69, 9.17) is 5.26 Å². The van der Waals surface area contributed by atoms with Gasteiger partial charge in [-0.25, -0.2) is 0 Å². The van der Waals surface area contributed by atoms with E-state index in [0.717, 1.165) is 0 Å². The van der Waals surface area contributed by atoms with Crippen LogP contribution in [-0.4, -0.2) is 17.0 Å². The molecule has 0 radical (unpaired) electrons. The maximum Gasteiger partial charge on any atom is 0.310 e. The number of benzene rings is 1. The van der Waals surface area contributed by atoms with Gasteiger partial charge in [0.15, 0.2) is 0 Å². The lowest BCUT2D eigenvalue weighted by atomic mass is 10.1. The number of nitrogens with zero attached hydrogens (tertiary/aromatic N) is 4. The molecule has 0 saturated carbocycles. The first-order valence-electron chi connectivity index (χ1n) is 5.46. The molecule has 0 atom stereocenters. The second-order valence-electron chi connectivity index (χ2n) is 3.81. The summed E-state index contributed by atoms with van der Waals surface area (Å²) in [5.41, 5.74) is 1.36. The summed E-state index contributed by atoms with van der Waals surface area (Å²) in [6.07, 6.45) is 2.68. The van der Waals surface area contributed by atoms with Crippen molar-refractivity contribution in [3.63, 3.8) is 0 Å². The summed E-state index contributed by atoms with van der Waals surface area (Å²) in [5.74, 6) is 0. The number of nitriles is 1. The Morgan fingerprint density at radius 3 is 2.74 bits per heavy atom. The van der Waals surface area contributed by atoms with Gasteiger partial charge in [0.1, 0.15) is 18.0 Å². The molecule has 1 heterocycles. The van der Waals surface area contributed by atoms with Gasteiger partial charge in [-0.15, -0.1) is 0 Å². The monoisotopic (exact) mass is 254 g/mol. The van der Waals surface area contributed by atoms with Gasteiger partial charge in [0.05, 0.1) is 16.2 Å².